The van der Waals surface area contributed by atoms with E-state index in [9.17, 15) is 4.39 Å². The van der Waals surface area contributed by atoms with Gasteiger partial charge in [-0.2, -0.15) is 0 Å². The first-order valence-corrected chi connectivity index (χ1v) is 9.07. The predicted molar refractivity (Wildman–Crippen MR) is 105 cm³/mol. The van der Waals surface area contributed by atoms with Gasteiger partial charge < -0.3 is 0 Å². The van der Waals surface area contributed by atoms with Crippen LogP contribution in [0.25, 0.3) is 5.95 Å². The van der Waals surface area contributed by atoms with Crippen molar-refractivity contribution in [3.63, 3.8) is 0 Å². The van der Waals surface area contributed by atoms with E-state index >= 15 is 0 Å². The Balaban J connectivity index is 1.59. The second-order valence-electron chi connectivity index (χ2n) is 6.55. The molecule has 0 saturated carbocycles. The third kappa shape index (κ3) is 4.47. The van der Waals surface area contributed by atoms with Crippen LogP contribution in [0, 0.1) is 5.82 Å². The van der Waals surface area contributed by atoms with Gasteiger partial charge in [0.15, 0.2) is 0 Å². The van der Waals surface area contributed by atoms with E-state index in [1.807, 2.05) is 41.1 Å². The summed E-state index contributed by atoms with van der Waals surface area (Å²) < 4.78 is 15.3. The van der Waals surface area contributed by atoms with Gasteiger partial charge in [-0.1, -0.05) is 12.1 Å². The van der Waals surface area contributed by atoms with Crippen LogP contribution >= 0.6 is 0 Å². The lowest BCUT2D eigenvalue weighted by Crippen LogP contribution is -2.24. The van der Waals surface area contributed by atoms with Gasteiger partial charge in [-0.15, -0.1) is 0 Å². The van der Waals surface area contributed by atoms with Gasteiger partial charge in [0.05, 0.1) is 0 Å². The summed E-state index contributed by atoms with van der Waals surface area (Å²) in [6.07, 6.45) is 9.03. The summed E-state index contributed by atoms with van der Waals surface area (Å²) in [5, 5.41) is 0. The van der Waals surface area contributed by atoms with Gasteiger partial charge in [-0.05, 0) is 53.6 Å². The molecule has 0 fully saturated rings. The van der Waals surface area contributed by atoms with Crippen LogP contribution in [0.15, 0.2) is 85.6 Å². The molecular formula is C22H20FN5. The summed E-state index contributed by atoms with van der Waals surface area (Å²) in [7, 11) is 0. The van der Waals surface area contributed by atoms with Gasteiger partial charge in [-0.3, -0.25) is 14.5 Å². The molecule has 0 amide bonds. The van der Waals surface area contributed by atoms with Crippen molar-refractivity contribution in [2.45, 2.75) is 19.6 Å². The number of benzene rings is 1. The minimum atomic E-state index is -0.223. The monoisotopic (exact) mass is 373 g/mol. The average molecular weight is 373 g/mol. The highest BCUT2D eigenvalue weighted by molar-refractivity contribution is 5.22. The molecule has 6 heteroatoms. The zero-order valence-corrected chi connectivity index (χ0v) is 15.3. The summed E-state index contributed by atoms with van der Waals surface area (Å²) in [6.45, 7) is 2.15. The molecule has 0 aliphatic heterocycles. The first-order chi connectivity index (χ1) is 13.8. The van der Waals surface area contributed by atoms with Crippen LogP contribution in [0.5, 0.6) is 0 Å². The van der Waals surface area contributed by atoms with Crippen molar-refractivity contribution in [2.24, 2.45) is 0 Å². The van der Waals surface area contributed by atoms with Crippen LogP contribution in [0.2, 0.25) is 0 Å². The molecule has 3 aromatic heterocycles. The van der Waals surface area contributed by atoms with Crippen LogP contribution < -0.4 is 0 Å². The Morgan fingerprint density at radius 3 is 2.14 bits per heavy atom. The van der Waals surface area contributed by atoms with E-state index < -0.39 is 0 Å². The molecule has 5 nitrogen and oxygen atoms in total. The number of pyridine rings is 1. The molecule has 0 radical (unpaired) electrons. The summed E-state index contributed by atoms with van der Waals surface area (Å²) in [4.78, 5) is 15.1. The Kier molecular flexibility index (Phi) is 5.49. The van der Waals surface area contributed by atoms with E-state index in [-0.39, 0.29) is 5.82 Å². The van der Waals surface area contributed by atoms with Gasteiger partial charge in [-0.25, -0.2) is 14.4 Å². The van der Waals surface area contributed by atoms with Crippen LogP contribution in [0.3, 0.4) is 0 Å². The maximum atomic E-state index is 13.3. The molecule has 0 spiro atoms. The summed E-state index contributed by atoms with van der Waals surface area (Å²) in [5.41, 5.74) is 3.32. The highest BCUT2D eigenvalue weighted by Crippen LogP contribution is 2.16. The van der Waals surface area contributed by atoms with Crippen molar-refractivity contribution in [3.05, 3.63) is 108 Å². The van der Waals surface area contributed by atoms with Crippen LogP contribution in [0.4, 0.5) is 4.39 Å². The topological polar surface area (TPSA) is 46.8 Å². The third-order valence-electron chi connectivity index (χ3n) is 4.46. The van der Waals surface area contributed by atoms with E-state index in [0.29, 0.717) is 19.0 Å². The molecule has 0 bridgehead atoms. The molecule has 3 heterocycles. The van der Waals surface area contributed by atoms with Gasteiger partial charge in [0, 0.05) is 56.3 Å². The third-order valence-corrected chi connectivity index (χ3v) is 4.46. The number of hydrogen-bond donors (Lipinski definition) is 0. The highest BCUT2D eigenvalue weighted by Gasteiger charge is 2.13. The minimum Gasteiger partial charge on any atom is -0.289 e. The molecule has 4 aromatic rings. The molecule has 0 N–H and O–H groups in total. The van der Waals surface area contributed by atoms with Crippen LogP contribution in [0.1, 0.15) is 16.8 Å². The number of hydrogen-bond acceptors (Lipinski definition) is 4. The van der Waals surface area contributed by atoms with Crippen LogP contribution in [-0.2, 0) is 19.6 Å². The molecule has 4 rings (SSSR count). The van der Waals surface area contributed by atoms with Gasteiger partial charge >= 0.3 is 0 Å². The van der Waals surface area contributed by atoms with Gasteiger partial charge in [0.2, 0.25) is 5.95 Å². The molecule has 28 heavy (non-hydrogen) atoms. The maximum absolute atomic E-state index is 13.3. The molecular weight excluding hydrogens is 353 g/mol. The van der Waals surface area contributed by atoms with E-state index in [1.165, 1.54) is 17.7 Å². The lowest BCUT2D eigenvalue weighted by molar-refractivity contribution is 0.243. The fourth-order valence-corrected chi connectivity index (χ4v) is 3.15. The second kappa shape index (κ2) is 8.54. The molecule has 0 atom stereocenters. The number of nitrogens with zero attached hydrogens (tertiary/aromatic N) is 5. The van der Waals surface area contributed by atoms with E-state index in [2.05, 4.69) is 25.9 Å². The second-order valence-corrected chi connectivity index (χ2v) is 6.55. The minimum absolute atomic E-state index is 0.223. The fraction of sp³-hybridized carbons (Fsp3) is 0.136. The number of aromatic nitrogens is 4. The SMILES string of the molecule is Fc1ccc(CN(Cc2ccncc2)Cc2cccn2-c2ncccn2)cc1. The molecule has 0 unspecified atom stereocenters. The molecule has 0 saturated heterocycles. The lowest BCUT2D eigenvalue weighted by Gasteiger charge is -2.23. The van der Waals surface area contributed by atoms with Crippen molar-refractivity contribution in [2.75, 3.05) is 0 Å². The molecule has 0 aliphatic carbocycles. The summed E-state index contributed by atoms with van der Waals surface area (Å²) >= 11 is 0. The molecule has 1 aromatic carbocycles. The smallest absolute Gasteiger partial charge is 0.233 e. The number of rotatable bonds is 7. The standard InChI is InChI=1S/C22H20FN5/c23-20-6-4-18(5-7-20)15-27(16-19-8-12-24-13-9-19)17-21-3-1-14-28(21)22-25-10-2-11-26-22/h1-14H,15-17H2. The normalized spacial score (nSPS) is 11.1. The summed E-state index contributed by atoms with van der Waals surface area (Å²) in [5.74, 6) is 0.424. The maximum Gasteiger partial charge on any atom is 0.233 e. The Hall–Kier alpha value is -3.38. The predicted octanol–water partition coefficient (Wildman–Crippen LogP) is 4.00. The van der Waals surface area contributed by atoms with E-state index in [4.69, 9.17) is 0 Å². The van der Waals surface area contributed by atoms with Gasteiger partial charge in [0.1, 0.15) is 5.82 Å². The zero-order chi connectivity index (χ0) is 19.2. The van der Waals surface area contributed by atoms with Gasteiger partial charge in [0.25, 0.3) is 0 Å². The Morgan fingerprint density at radius 2 is 1.43 bits per heavy atom. The fourth-order valence-electron chi connectivity index (χ4n) is 3.15. The first kappa shape index (κ1) is 18.0. The lowest BCUT2D eigenvalue weighted by atomic mass is 10.1. The highest BCUT2D eigenvalue weighted by atomic mass is 19.1. The average Bonchev–Trinajstić information content (AvgIpc) is 3.19. The largest absolute Gasteiger partial charge is 0.289 e. The summed E-state index contributed by atoms with van der Waals surface area (Å²) in [6, 6.07) is 16.5. The zero-order valence-electron chi connectivity index (χ0n) is 15.3. The van der Waals surface area contributed by atoms with Crippen LogP contribution in [-0.4, -0.2) is 24.4 Å². The first-order valence-electron chi connectivity index (χ1n) is 9.07. The van der Waals surface area contributed by atoms with Crippen molar-refractivity contribution >= 4 is 0 Å². The Bertz CT molecular complexity index is 1000. The van der Waals surface area contributed by atoms with Crippen molar-refractivity contribution in [3.8, 4) is 5.95 Å². The van der Waals surface area contributed by atoms with E-state index in [1.54, 1.807) is 30.9 Å². The Morgan fingerprint density at radius 1 is 0.750 bits per heavy atom. The van der Waals surface area contributed by atoms with E-state index in [0.717, 1.165) is 17.8 Å². The van der Waals surface area contributed by atoms with Crippen molar-refractivity contribution < 1.29 is 4.39 Å². The number of halogens is 1. The van der Waals surface area contributed by atoms with Crippen molar-refractivity contribution in [1.29, 1.82) is 0 Å². The quantitative estimate of drug-likeness (QED) is 0.491. The van der Waals surface area contributed by atoms with Crippen molar-refractivity contribution in [1.82, 2.24) is 24.4 Å². The molecule has 140 valence electrons. The molecule has 0 aliphatic rings. The Labute approximate surface area is 163 Å².